The fourth-order valence-corrected chi connectivity index (χ4v) is 3.41. The molecule has 2 aromatic heterocycles. The van der Waals surface area contributed by atoms with E-state index in [1.54, 1.807) is 42.6 Å². The van der Waals surface area contributed by atoms with Crippen LogP contribution in [0, 0.1) is 17.5 Å². The molecule has 4 aromatic rings. The Bertz CT molecular complexity index is 1280. The zero-order valence-electron chi connectivity index (χ0n) is 14.2. The molecule has 0 atom stereocenters. The van der Waals surface area contributed by atoms with Crippen LogP contribution in [0.15, 0.2) is 54.7 Å². The van der Waals surface area contributed by atoms with Crippen LogP contribution in [0.5, 0.6) is 5.75 Å². The molecule has 0 saturated heterocycles. The number of benzene rings is 2. The van der Waals surface area contributed by atoms with Crippen molar-refractivity contribution in [1.82, 2.24) is 9.55 Å². The summed E-state index contributed by atoms with van der Waals surface area (Å²) in [7, 11) is 0. The second-order valence-corrected chi connectivity index (χ2v) is 6.40. The molecule has 1 aliphatic heterocycles. The van der Waals surface area contributed by atoms with Gasteiger partial charge in [0.05, 0.1) is 11.2 Å². The number of hydrogen-bond acceptors (Lipinski definition) is 3. The molecule has 3 heterocycles. The zero-order valence-corrected chi connectivity index (χ0v) is 14.2. The van der Waals surface area contributed by atoms with Crippen LogP contribution in [0.3, 0.4) is 0 Å². The van der Waals surface area contributed by atoms with Gasteiger partial charge in [-0.2, -0.15) is 0 Å². The van der Waals surface area contributed by atoms with Gasteiger partial charge in [-0.15, -0.1) is 0 Å². The van der Waals surface area contributed by atoms with Gasteiger partial charge in [0.25, 0.3) is 5.91 Å². The molecular formula is C21H11F3N2O2. The third kappa shape index (κ3) is 2.32. The molecule has 138 valence electrons. The van der Waals surface area contributed by atoms with Crippen LogP contribution in [0.4, 0.5) is 13.2 Å². The first-order valence-corrected chi connectivity index (χ1v) is 8.46. The van der Waals surface area contributed by atoms with E-state index in [0.29, 0.717) is 28.4 Å². The smallest absolute Gasteiger partial charge is 0.268 e. The molecule has 0 aliphatic carbocycles. The van der Waals surface area contributed by atoms with Crippen LogP contribution in [0.1, 0.15) is 15.9 Å². The lowest BCUT2D eigenvalue weighted by Crippen LogP contribution is -2.09. The van der Waals surface area contributed by atoms with Gasteiger partial charge in [0, 0.05) is 23.2 Å². The average molecular weight is 380 g/mol. The maximum absolute atomic E-state index is 14.0. The molecule has 0 bridgehead atoms. The fraction of sp³-hybridized carbons (Fsp3) is 0.0476. The lowest BCUT2D eigenvalue weighted by molar-refractivity contribution is 0.0965. The summed E-state index contributed by atoms with van der Waals surface area (Å²) in [5.74, 6) is -3.44. The van der Waals surface area contributed by atoms with Crippen molar-refractivity contribution < 1.29 is 22.7 Å². The van der Waals surface area contributed by atoms with Gasteiger partial charge in [0.15, 0.2) is 11.6 Å². The van der Waals surface area contributed by atoms with Gasteiger partial charge in [0.2, 0.25) is 0 Å². The highest BCUT2D eigenvalue weighted by Crippen LogP contribution is 2.41. The largest absolute Gasteiger partial charge is 0.487 e. The number of carbonyl (C=O) groups excluding carboxylic acids is 1. The highest BCUT2D eigenvalue weighted by atomic mass is 19.2. The lowest BCUT2D eigenvalue weighted by atomic mass is 10.1. The normalized spacial score (nSPS) is 12.3. The van der Waals surface area contributed by atoms with Crippen LogP contribution in [0.2, 0.25) is 0 Å². The van der Waals surface area contributed by atoms with E-state index in [1.165, 1.54) is 4.57 Å². The summed E-state index contributed by atoms with van der Waals surface area (Å²) < 4.78 is 47.9. The molecule has 1 aliphatic rings. The van der Waals surface area contributed by atoms with Crippen LogP contribution in [-0.2, 0) is 6.61 Å². The molecule has 28 heavy (non-hydrogen) atoms. The third-order valence-corrected chi connectivity index (χ3v) is 4.73. The van der Waals surface area contributed by atoms with Crippen molar-refractivity contribution in [2.24, 2.45) is 0 Å². The van der Waals surface area contributed by atoms with E-state index in [0.717, 1.165) is 6.07 Å². The monoisotopic (exact) mass is 380 g/mol. The molecule has 0 unspecified atom stereocenters. The van der Waals surface area contributed by atoms with Crippen molar-refractivity contribution in [3.8, 4) is 17.1 Å². The van der Waals surface area contributed by atoms with Crippen LogP contribution in [0.25, 0.3) is 22.3 Å². The predicted molar refractivity (Wildman–Crippen MR) is 95.5 cm³/mol. The number of rotatable bonds is 3. The molecule has 0 radical (unpaired) electrons. The van der Waals surface area contributed by atoms with E-state index in [2.05, 4.69) is 4.98 Å². The van der Waals surface area contributed by atoms with Gasteiger partial charge in [-0.3, -0.25) is 9.36 Å². The minimum atomic E-state index is -1.27. The number of hydrogen-bond donors (Lipinski definition) is 0. The Morgan fingerprint density at radius 1 is 0.964 bits per heavy atom. The molecule has 0 N–H and O–H groups in total. The second-order valence-electron chi connectivity index (χ2n) is 6.40. The third-order valence-electron chi connectivity index (χ3n) is 4.73. The average Bonchev–Trinajstić information content (AvgIpc) is 3.26. The fourth-order valence-electron chi connectivity index (χ4n) is 3.41. The summed E-state index contributed by atoms with van der Waals surface area (Å²) in [6.45, 7) is -0.369. The SMILES string of the molecule is O=C1c2c(nc3ccccc3c2OCc2cc(F)c(F)cc2F)-c2cccn21. The second kappa shape index (κ2) is 5.95. The van der Waals surface area contributed by atoms with Crippen LogP contribution >= 0.6 is 0 Å². The number of fused-ring (bicyclic) bond motifs is 4. The van der Waals surface area contributed by atoms with Gasteiger partial charge in [-0.25, -0.2) is 18.2 Å². The minimum Gasteiger partial charge on any atom is -0.487 e. The molecule has 0 saturated carbocycles. The maximum Gasteiger partial charge on any atom is 0.268 e. The summed E-state index contributed by atoms with van der Waals surface area (Å²) in [4.78, 5) is 17.4. The molecule has 4 nitrogen and oxygen atoms in total. The summed E-state index contributed by atoms with van der Waals surface area (Å²) in [6, 6.07) is 11.8. The van der Waals surface area contributed by atoms with E-state index >= 15 is 0 Å². The van der Waals surface area contributed by atoms with Crippen molar-refractivity contribution in [3.63, 3.8) is 0 Å². The Hall–Kier alpha value is -3.61. The number of halogens is 3. The number of pyridine rings is 1. The standard InChI is InChI=1S/C21H11F3N2O2/c22-13-9-15(24)14(23)8-11(13)10-28-20-12-4-1-2-5-16(12)25-19-17-6-3-7-26(17)21(27)18(19)20/h1-9H,10H2. The number of nitrogens with zero attached hydrogens (tertiary/aromatic N) is 2. The zero-order chi connectivity index (χ0) is 19.4. The summed E-state index contributed by atoms with van der Waals surface area (Å²) in [5, 5.41) is 0.573. The summed E-state index contributed by atoms with van der Waals surface area (Å²) in [6.07, 6.45) is 1.63. The molecule has 5 rings (SSSR count). The van der Waals surface area contributed by atoms with Crippen molar-refractivity contribution in [3.05, 3.63) is 83.3 Å². The van der Waals surface area contributed by atoms with Gasteiger partial charge in [-0.05, 0) is 30.3 Å². The van der Waals surface area contributed by atoms with E-state index in [1.807, 2.05) is 0 Å². The van der Waals surface area contributed by atoms with Crippen molar-refractivity contribution in [2.45, 2.75) is 6.61 Å². The van der Waals surface area contributed by atoms with E-state index in [4.69, 9.17) is 4.74 Å². The summed E-state index contributed by atoms with van der Waals surface area (Å²) >= 11 is 0. The first-order valence-electron chi connectivity index (χ1n) is 8.46. The highest BCUT2D eigenvalue weighted by molar-refractivity contribution is 6.13. The van der Waals surface area contributed by atoms with E-state index in [9.17, 15) is 18.0 Å². The maximum atomic E-state index is 14.0. The molecule has 0 spiro atoms. The Morgan fingerprint density at radius 3 is 2.61 bits per heavy atom. The summed E-state index contributed by atoms with van der Waals surface area (Å²) in [5.41, 5.74) is 1.81. The number of ether oxygens (including phenoxy) is 1. The molecule has 0 amide bonds. The Kier molecular flexibility index (Phi) is 3.52. The van der Waals surface area contributed by atoms with Crippen LogP contribution < -0.4 is 4.74 Å². The van der Waals surface area contributed by atoms with E-state index < -0.39 is 17.5 Å². The lowest BCUT2D eigenvalue weighted by Gasteiger charge is -2.13. The predicted octanol–water partition coefficient (Wildman–Crippen LogP) is 4.70. The minimum absolute atomic E-state index is 0.154. The first kappa shape index (κ1) is 16.6. The number of carbonyl (C=O) groups is 1. The quantitative estimate of drug-likeness (QED) is 0.426. The van der Waals surface area contributed by atoms with Crippen molar-refractivity contribution in [1.29, 1.82) is 0 Å². The number of aromatic nitrogens is 2. The Morgan fingerprint density at radius 2 is 1.75 bits per heavy atom. The number of para-hydroxylation sites is 1. The molecular weight excluding hydrogens is 369 g/mol. The molecule has 0 fully saturated rings. The van der Waals surface area contributed by atoms with Gasteiger partial charge >= 0.3 is 0 Å². The van der Waals surface area contributed by atoms with Crippen molar-refractivity contribution in [2.75, 3.05) is 0 Å². The van der Waals surface area contributed by atoms with Crippen molar-refractivity contribution >= 4 is 16.8 Å². The highest BCUT2D eigenvalue weighted by Gasteiger charge is 2.32. The Balaban J connectivity index is 1.65. The van der Waals surface area contributed by atoms with Crippen LogP contribution in [-0.4, -0.2) is 15.5 Å². The van der Waals surface area contributed by atoms with E-state index in [-0.39, 0.29) is 29.4 Å². The molecule has 2 aromatic carbocycles. The first-order chi connectivity index (χ1) is 13.5. The Labute approximate surface area is 156 Å². The molecule has 7 heteroatoms. The van der Waals surface area contributed by atoms with Gasteiger partial charge in [-0.1, -0.05) is 12.1 Å². The topological polar surface area (TPSA) is 44.1 Å². The van der Waals surface area contributed by atoms with Gasteiger partial charge < -0.3 is 4.74 Å². The van der Waals surface area contributed by atoms with Gasteiger partial charge in [0.1, 0.15) is 29.4 Å².